The number of nitrogens with one attached hydrogen (secondary N) is 1. The third-order valence-electron chi connectivity index (χ3n) is 4.36. The van der Waals surface area contributed by atoms with Gasteiger partial charge in [-0.25, -0.2) is 4.79 Å². The molecule has 0 saturated carbocycles. The minimum Gasteiger partial charge on any atom is -0.493 e. The highest BCUT2D eigenvalue weighted by Gasteiger charge is 2.42. The Morgan fingerprint density at radius 2 is 2.04 bits per heavy atom. The maximum atomic E-state index is 12.4. The van der Waals surface area contributed by atoms with Crippen molar-refractivity contribution >= 4 is 35.5 Å². The van der Waals surface area contributed by atoms with Crippen molar-refractivity contribution in [1.29, 1.82) is 0 Å². The molecular formula is C17H18ClN3O5. The van der Waals surface area contributed by atoms with Gasteiger partial charge >= 0.3 is 6.03 Å². The fourth-order valence-corrected chi connectivity index (χ4v) is 3.31. The Bertz CT molecular complexity index is 795. The summed E-state index contributed by atoms with van der Waals surface area (Å²) in [6.07, 6.45) is 3.02. The van der Waals surface area contributed by atoms with Gasteiger partial charge in [-0.2, -0.15) is 0 Å². The Hall–Kier alpha value is -2.74. The molecule has 1 aromatic rings. The van der Waals surface area contributed by atoms with Crippen LogP contribution in [0.25, 0.3) is 6.08 Å². The van der Waals surface area contributed by atoms with Gasteiger partial charge in [0, 0.05) is 19.2 Å². The number of carbonyl (C=O) groups excluding carboxylic acids is 3. The van der Waals surface area contributed by atoms with Crippen LogP contribution in [0.4, 0.5) is 4.79 Å². The van der Waals surface area contributed by atoms with Crippen LogP contribution >= 0.6 is 11.6 Å². The van der Waals surface area contributed by atoms with Crippen molar-refractivity contribution in [2.45, 2.75) is 6.04 Å². The van der Waals surface area contributed by atoms with Gasteiger partial charge in [0.05, 0.1) is 25.8 Å². The van der Waals surface area contributed by atoms with E-state index in [4.69, 9.17) is 21.1 Å². The number of hydrogen-bond donors (Lipinski definition) is 1. The summed E-state index contributed by atoms with van der Waals surface area (Å²) in [6, 6.07) is 2.34. The number of fused-ring (bicyclic) bond motifs is 1. The van der Waals surface area contributed by atoms with E-state index in [9.17, 15) is 14.4 Å². The molecule has 3 rings (SSSR count). The monoisotopic (exact) mass is 379 g/mol. The highest BCUT2D eigenvalue weighted by Crippen LogP contribution is 2.36. The lowest BCUT2D eigenvalue weighted by atomic mass is 10.1. The molecule has 0 aromatic heterocycles. The Morgan fingerprint density at radius 3 is 2.73 bits per heavy atom. The van der Waals surface area contributed by atoms with Crippen molar-refractivity contribution in [3.05, 3.63) is 28.8 Å². The van der Waals surface area contributed by atoms with Crippen molar-refractivity contribution in [3.8, 4) is 11.5 Å². The van der Waals surface area contributed by atoms with Gasteiger partial charge in [-0.1, -0.05) is 11.6 Å². The quantitative estimate of drug-likeness (QED) is 0.626. The largest absolute Gasteiger partial charge is 0.493 e. The lowest BCUT2D eigenvalue weighted by Crippen LogP contribution is -2.54. The molecule has 26 heavy (non-hydrogen) atoms. The zero-order valence-corrected chi connectivity index (χ0v) is 15.1. The molecule has 0 aliphatic carbocycles. The second-order valence-electron chi connectivity index (χ2n) is 5.86. The molecule has 2 fully saturated rings. The second-order valence-corrected chi connectivity index (χ2v) is 6.27. The van der Waals surface area contributed by atoms with Gasteiger partial charge in [0.1, 0.15) is 6.04 Å². The predicted molar refractivity (Wildman–Crippen MR) is 94.2 cm³/mol. The Kier molecular flexibility index (Phi) is 5.03. The molecule has 8 nitrogen and oxygen atoms in total. The molecule has 2 heterocycles. The molecule has 0 radical (unpaired) electrons. The van der Waals surface area contributed by atoms with Crippen LogP contribution in [0.2, 0.25) is 5.02 Å². The molecule has 138 valence electrons. The standard InChI is InChI=1S/C17H18ClN3O5/c1-25-13-8-10(7-11(18)15(13)26-2)3-4-14(22)20-5-6-21-12(9-20)16(23)19-17(21)24/h3-4,7-8,12H,5-6,9H2,1-2H3,(H,19,23,24)/b4-3+. The van der Waals surface area contributed by atoms with Gasteiger partial charge in [-0.15, -0.1) is 0 Å². The zero-order valence-electron chi connectivity index (χ0n) is 14.3. The number of imide groups is 1. The maximum absolute atomic E-state index is 12.4. The van der Waals surface area contributed by atoms with Gasteiger partial charge in [0.15, 0.2) is 11.5 Å². The van der Waals surface area contributed by atoms with Crippen molar-refractivity contribution < 1.29 is 23.9 Å². The van der Waals surface area contributed by atoms with E-state index in [0.717, 1.165) is 0 Å². The van der Waals surface area contributed by atoms with Gasteiger partial charge < -0.3 is 19.3 Å². The van der Waals surface area contributed by atoms with Crippen molar-refractivity contribution in [2.24, 2.45) is 0 Å². The molecule has 4 amide bonds. The SMILES string of the molecule is COc1cc(/C=C/C(=O)N2CCN3C(=O)NC(=O)C3C2)cc(Cl)c1OC. The highest BCUT2D eigenvalue weighted by atomic mass is 35.5. The summed E-state index contributed by atoms with van der Waals surface area (Å²) in [5, 5.41) is 2.63. The van der Waals surface area contributed by atoms with Crippen LogP contribution in [0.5, 0.6) is 11.5 Å². The van der Waals surface area contributed by atoms with E-state index in [1.54, 1.807) is 18.2 Å². The number of hydrogen-bond acceptors (Lipinski definition) is 5. The molecule has 0 bridgehead atoms. The Balaban J connectivity index is 1.71. The van der Waals surface area contributed by atoms with Crippen LogP contribution in [-0.2, 0) is 9.59 Å². The molecule has 1 atom stereocenters. The number of rotatable bonds is 4. The summed E-state index contributed by atoms with van der Waals surface area (Å²) in [5.41, 5.74) is 0.674. The average molecular weight is 380 g/mol. The van der Waals surface area contributed by atoms with E-state index in [1.165, 1.54) is 30.1 Å². The Morgan fingerprint density at radius 1 is 1.27 bits per heavy atom. The van der Waals surface area contributed by atoms with Crippen LogP contribution < -0.4 is 14.8 Å². The van der Waals surface area contributed by atoms with E-state index < -0.39 is 12.1 Å². The predicted octanol–water partition coefficient (Wildman–Crippen LogP) is 1.13. The first kappa shape index (κ1) is 18.1. The average Bonchev–Trinajstić information content (AvgIpc) is 2.92. The normalized spacial score (nSPS) is 19.6. The molecule has 2 saturated heterocycles. The fraction of sp³-hybridized carbons (Fsp3) is 0.353. The first-order chi connectivity index (χ1) is 12.4. The topological polar surface area (TPSA) is 88.2 Å². The van der Waals surface area contributed by atoms with E-state index in [-0.39, 0.29) is 18.4 Å². The van der Waals surface area contributed by atoms with E-state index in [1.807, 2.05) is 0 Å². The molecular weight excluding hydrogens is 362 g/mol. The van der Waals surface area contributed by atoms with Crippen LogP contribution in [-0.4, -0.2) is 67.5 Å². The van der Waals surface area contributed by atoms with Crippen LogP contribution in [0.1, 0.15) is 5.56 Å². The van der Waals surface area contributed by atoms with E-state index in [0.29, 0.717) is 35.2 Å². The summed E-state index contributed by atoms with van der Waals surface area (Å²) < 4.78 is 10.4. The molecule has 2 aliphatic rings. The zero-order chi connectivity index (χ0) is 18.8. The lowest BCUT2D eigenvalue weighted by Gasteiger charge is -2.34. The third kappa shape index (κ3) is 3.32. The number of carbonyl (C=O) groups is 3. The molecule has 9 heteroatoms. The second kappa shape index (κ2) is 7.25. The third-order valence-corrected chi connectivity index (χ3v) is 4.64. The first-order valence-electron chi connectivity index (χ1n) is 7.94. The van der Waals surface area contributed by atoms with Crippen LogP contribution in [0.15, 0.2) is 18.2 Å². The van der Waals surface area contributed by atoms with Crippen molar-refractivity contribution in [3.63, 3.8) is 0 Å². The number of nitrogens with zero attached hydrogens (tertiary/aromatic N) is 2. The summed E-state index contributed by atoms with van der Waals surface area (Å²) in [4.78, 5) is 38.8. The van der Waals surface area contributed by atoms with Crippen molar-refractivity contribution in [1.82, 2.24) is 15.1 Å². The van der Waals surface area contributed by atoms with E-state index in [2.05, 4.69) is 5.32 Å². The number of amides is 4. The smallest absolute Gasteiger partial charge is 0.324 e. The molecule has 1 aromatic carbocycles. The summed E-state index contributed by atoms with van der Waals surface area (Å²) >= 11 is 6.15. The fourth-order valence-electron chi connectivity index (χ4n) is 3.02. The number of piperazine rings is 1. The van der Waals surface area contributed by atoms with Gasteiger partial charge in [-0.3, -0.25) is 14.9 Å². The number of benzene rings is 1. The van der Waals surface area contributed by atoms with Crippen LogP contribution in [0, 0.1) is 0 Å². The molecule has 1 N–H and O–H groups in total. The van der Waals surface area contributed by atoms with Gasteiger partial charge in [0.2, 0.25) is 5.91 Å². The summed E-state index contributed by atoms with van der Waals surface area (Å²) in [7, 11) is 2.99. The minimum atomic E-state index is -0.621. The number of methoxy groups -OCH3 is 2. The Labute approximate surface area is 155 Å². The van der Waals surface area contributed by atoms with E-state index >= 15 is 0 Å². The number of ether oxygens (including phenoxy) is 2. The molecule has 0 spiro atoms. The number of urea groups is 1. The summed E-state index contributed by atoms with van der Waals surface area (Å²) in [5.74, 6) is 0.262. The summed E-state index contributed by atoms with van der Waals surface area (Å²) in [6.45, 7) is 0.866. The van der Waals surface area contributed by atoms with Crippen molar-refractivity contribution in [2.75, 3.05) is 33.9 Å². The van der Waals surface area contributed by atoms with Crippen LogP contribution in [0.3, 0.4) is 0 Å². The van der Waals surface area contributed by atoms with Gasteiger partial charge in [0.25, 0.3) is 5.91 Å². The molecule has 2 aliphatic heterocycles. The maximum Gasteiger partial charge on any atom is 0.324 e. The first-order valence-corrected chi connectivity index (χ1v) is 8.32. The lowest BCUT2D eigenvalue weighted by molar-refractivity contribution is -0.130. The minimum absolute atomic E-state index is 0.174. The number of halogens is 1. The van der Waals surface area contributed by atoms with Gasteiger partial charge in [-0.05, 0) is 23.8 Å². The highest BCUT2D eigenvalue weighted by molar-refractivity contribution is 6.32. The molecule has 1 unspecified atom stereocenters.